The molecule has 2 N–H and O–H groups in total. The summed E-state index contributed by atoms with van der Waals surface area (Å²) in [7, 11) is 3.22. The van der Waals surface area contributed by atoms with Crippen LogP contribution in [0.2, 0.25) is 0 Å². The highest BCUT2D eigenvalue weighted by molar-refractivity contribution is 5.94. The van der Waals surface area contributed by atoms with E-state index in [1.54, 1.807) is 7.05 Å². The highest BCUT2D eigenvalue weighted by atomic mass is 16.5. The number of nitrogens with zero attached hydrogens (tertiary/aromatic N) is 1. The van der Waals surface area contributed by atoms with Crippen molar-refractivity contribution in [1.29, 1.82) is 0 Å². The summed E-state index contributed by atoms with van der Waals surface area (Å²) in [6.45, 7) is 2.30. The SMILES string of the molecule is COCC(O)CN(C)C(=O)c1ccc2c(c1)CNCC2. The molecule has 20 heavy (non-hydrogen) atoms. The molecule has 0 aromatic heterocycles. The number of aliphatic hydroxyl groups is 1. The van der Waals surface area contributed by atoms with Crippen LogP contribution in [0.1, 0.15) is 21.5 Å². The lowest BCUT2D eigenvalue weighted by Crippen LogP contribution is -2.36. The maximum absolute atomic E-state index is 12.3. The van der Waals surface area contributed by atoms with E-state index in [1.807, 2.05) is 18.2 Å². The average molecular weight is 278 g/mol. The third-order valence-corrected chi connectivity index (χ3v) is 3.53. The molecule has 0 radical (unpaired) electrons. The van der Waals surface area contributed by atoms with Crippen molar-refractivity contribution in [3.05, 3.63) is 34.9 Å². The number of benzene rings is 1. The van der Waals surface area contributed by atoms with Crippen molar-refractivity contribution >= 4 is 5.91 Å². The molecule has 1 unspecified atom stereocenters. The summed E-state index contributed by atoms with van der Waals surface area (Å²) < 4.78 is 4.87. The topological polar surface area (TPSA) is 61.8 Å². The summed E-state index contributed by atoms with van der Waals surface area (Å²) in [5.74, 6) is -0.0754. The Morgan fingerprint density at radius 1 is 1.50 bits per heavy atom. The van der Waals surface area contributed by atoms with Crippen LogP contribution >= 0.6 is 0 Å². The van der Waals surface area contributed by atoms with Gasteiger partial charge in [0, 0.05) is 32.8 Å². The van der Waals surface area contributed by atoms with Gasteiger partial charge in [-0.05, 0) is 36.2 Å². The highest BCUT2D eigenvalue weighted by Gasteiger charge is 2.17. The Morgan fingerprint density at radius 2 is 2.30 bits per heavy atom. The molecule has 110 valence electrons. The predicted molar refractivity (Wildman–Crippen MR) is 76.7 cm³/mol. The van der Waals surface area contributed by atoms with Crippen molar-refractivity contribution in [2.75, 3.05) is 33.9 Å². The average Bonchev–Trinajstić information content (AvgIpc) is 2.46. The van der Waals surface area contributed by atoms with Gasteiger partial charge in [-0.3, -0.25) is 4.79 Å². The second kappa shape index (κ2) is 6.83. The summed E-state index contributed by atoms with van der Waals surface area (Å²) in [4.78, 5) is 13.9. The number of hydrogen-bond donors (Lipinski definition) is 2. The molecule has 0 aliphatic carbocycles. The summed E-state index contributed by atoms with van der Waals surface area (Å²) in [6, 6.07) is 5.84. The maximum Gasteiger partial charge on any atom is 0.253 e. The Kier molecular flexibility index (Phi) is 5.11. The van der Waals surface area contributed by atoms with E-state index in [0.29, 0.717) is 5.56 Å². The quantitative estimate of drug-likeness (QED) is 0.819. The number of carbonyl (C=O) groups excluding carboxylic acids is 1. The molecule has 0 fully saturated rings. The summed E-state index contributed by atoms with van der Waals surface area (Å²) in [5, 5.41) is 13.0. The zero-order valence-electron chi connectivity index (χ0n) is 12.1. The number of amides is 1. The first-order valence-corrected chi connectivity index (χ1v) is 6.87. The van der Waals surface area contributed by atoms with E-state index in [2.05, 4.69) is 5.32 Å². The molecule has 2 rings (SSSR count). The fourth-order valence-electron chi connectivity index (χ4n) is 2.48. The van der Waals surface area contributed by atoms with Gasteiger partial charge in [0.1, 0.15) is 0 Å². The first-order chi connectivity index (χ1) is 9.61. The van der Waals surface area contributed by atoms with Crippen LogP contribution in [-0.2, 0) is 17.7 Å². The van der Waals surface area contributed by atoms with E-state index in [0.717, 1.165) is 19.5 Å². The standard InChI is InChI=1S/C15H22N2O3/c1-17(9-14(18)10-20-2)15(19)12-4-3-11-5-6-16-8-13(11)7-12/h3-4,7,14,16,18H,5-6,8-10H2,1-2H3. The molecular weight excluding hydrogens is 256 g/mol. The van der Waals surface area contributed by atoms with Crippen molar-refractivity contribution in [2.24, 2.45) is 0 Å². The number of ether oxygens (including phenoxy) is 1. The number of rotatable bonds is 5. The molecule has 1 aromatic rings. The van der Waals surface area contributed by atoms with Gasteiger partial charge in [0.15, 0.2) is 0 Å². The van der Waals surface area contributed by atoms with Crippen molar-refractivity contribution in [3.8, 4) is 0 Å². The van der Waals surface area contributed by atoms with Crippen LogP contribution in [0.3, 0.4) is 0 Å². The number of fused-ring (bicyclic) bond motifs is 1. The molecule has 5 nitrogen and oxygen atoms in total. The molecule has 1 atom stereocenters. The van der Waals surface area contributed by atoms with E-state index < -0.39 is 6.10 Å². The number of likely N-dealkylation sites (N-methyl/N-ethyl adjacent to an activating group) is 1. The van der Waals surface area contributed by atoms with Crippen LogP contribution in [0, 0.1) is 0 Å². The summed E-state index contributed by atoms with van der Waals surface area (Å²) in [5.41, 5.74) is 3.16. The molecule has 0 saturated heterocycles. The number of hydrogen-bond acceptors (Lipinski definition) is 4. The van der Waals surface area contributed by atoms with Crippen molar-refractivity contribution in [1.82, 2.24) is 10.2 Å². The molecule has 1 aliphatic heterocycles. The first-order valence-electron chi connectivity index (χ1n) is 6.87. The number of aliphatic hydroxyl groups excluding tert-OH is 1. The maximum atomic E-state index is 12.3. The fourth-order valence-corrected chi connectivity index (χ4v) is 2.48. The monoisotopic (exact) mass is 278 g/mol. The molecule has 5 heteroatoms. The van der Waals surface area contributed by atoms with Crippen molar-refractivity contribution < 1.29 is 14.6 Å². The lowest BCUT2D eigenvalue weighted by molar-refractivity contribution is 0.0380. The second-order valence-electron chi connectivity index (χ2n) is 5.21. The van der Waals surface area contributed by atoms with Crippen LogP contribution in [0.4, 0.5) is 0 Å². The van der Waals surface area contributed by atoms with E-state index in [9.17, 15) is 9.90 Å². The Morgan fingerprint density at radius 3 is 3.05 bits per heavy atom. The Balaban J connectivity index is 2.05. The van der Waals surface area contributed by atoms with Gasteiger partial charge >= 0.3 is 0 Å². The fraction of sp³-hybridized carbons (Fsp3) is 0.533. The zero-order valence-corrected chi connectivity index (χ0v) is 12.1. The Bertz CT molecular complexity index is 476. The van der Waals surface area contributed by atoms with Gasteiger partial charge in [0.05, 0.1) is 12.7 Å². The molecule has 0 bridgehead atoms. The minimum absolute atomic E-state index is 0.0754. The van der Waals surface area contributed by atoms with E-state index in [-0.39, 0.29) is 19.1 Å². The van der Waals surface area contributed by atoms with Gasteiger partial charge in [-0.15, -0.1) is 0 Å². The molecule has 1 heterocycles. The highest BCUT2D eigenvalue weighted by Crippen LogP contribution is 2.17. The largest absolute Gasteiger partial charge is 0.389 e. The van der Waals surface area contributed by atoms with Crippen LogP contribution < -0.4 is 5.32 Å². The molecule has 1 aromatic carbocycles. The number of methoxy groups -OCH3 is 1. The third-order valence-electron chi connectivity index (χ3n) is 3.53. The molecule has 1 aliphatic rings. The summed E-state index contributed by atoms with van der Waals surface area (Å²) in [6.07, 6.45) is 0.347. The predicted octanol–water partition coefficient (Wildman–Crippen LogP) is 0.412. The normalized spacial score (nSPS) is 15.6. The lowest BCUT2D eigenvalue weighted by atomic mass is 9.98. The Hall–Kier alpha value is -1.43. The number of nitrogens with one attached hydrogen (secondary N) is 1. The van der Waals surface area contributed by atoms with Crippen LogP contribution in [-0.4, -0.2) is 55.9 Å². The third kappa shape index (κ3) is 3.56. The minimum atomic E-state index is -0.659. The second-order valence-corrected chi connectivity index (χ2v) is 5.21. The zero-order chi connectivity index (χ0) is 14.5. The van der Waals surface area contributed by atoms with Crippen molar-refractivity contribution in [2.45, 2.75) is 19.1 Å². The van der Waals surface area contributed by atoms with Crippen LogP contribution in [0.25, 0.3) is 0 Å². The smallest absolute Gasteiger partial charge is 0.253 e. The van der Waals surface area contributed by atoms with Gasteiger partial charge in [0.2, 0.25) is 0 Å². The number of carbonyl (C=O) groups is 1. The Labute approximate surface area is 119 Å². The van der Waals surface area contributed by atoms with Gasteiger partial charge in [0.25, 0.3) is 5.91 Å². The van der Waals surface area contributed by atoms with Gasteiger partial charge < -0.3 is 20.1 Å². The van der Waals surface area contributed by atoms with E-state index in [1.165, 1.54) is 23.1 Å². The minimum Gasteiger partial charge on any atom is -0.389 e. The lowest BCUT2D eigenvalue weighted by Gasteiger charge is -2.22. The summed E-state index contributed by atoms with van der Waals surface area (Å²) >= 11 is 0. The van der Waals surface area contributed by atoms with Crippen LogP contribution in [0.5, 0.6) is 0 Å². The van der Waals surface area contributed by atoms with Gasteiger partial charge in [-0.2, -0.15) is 0 Å². The molecule has 1 amide bonds. The molecule has 0 saturated carbocycles. The van der Waals surface area contributed by atoms with E-state index >= 15 is 0 Å². The van der Waals surface area contributed by atoms with E-state index in [4.69, 9.17) is 4.74 Å². The van der Waals surface area contributed by atoms with Gasteiger partial charge in [-0.25, -0.2) is 0 Å². The molecular formula is C15H22N2O3. The molecule has 0 spiro atoms. The van der Waals surface area contributed by atoms with Crippen molar-refractivity contribution in [3.63, 3.8) is 0 Å². The first kappa shape index (κ1) is 15.0. The van der Waals surface area contributed by atoms with Crippen LogP contribution in [0.15, 0.2) is 18.2 Å². The van der Waals surface area contributed by atoms with Gasteiger partial charge in [-0.1, -0.05) is 6.07 Å².